The maximum Gasteiger partial charge on any atom is 0.169 e. The first-order valence-corrected chi connectivity index (χ1v) is 7.23. The van der Waals surface area contributed by atoms with Crippen LogP contribution >= 0.6 is 15.9 Å². The van der Waals surface area contributed by atoms with E-state index in [-0.39, 0.29) is 0 Å². The van der Waals surface area contributed by atoms with Crippen LogP contribution in [0.5, 0.6) is 0 Å². The molecule has 17 heavy (non-hydrogen) atoms. The third kappa shape index (κ3) is 4.45. The molecular formula is C13H21BrN2O. The van der Waals surface area contributed by atoms with E-state index in [1.807, 2.05) is 12.1 Å². The van der Waals surface area contributed by atoms with Crippen molar-refractivity contribution in [3.05, 3.63) is 22.6 Å². The van der Waals surface area contributed by atoms with E-state index in [2.05, 4.69) is 33.1 Å². The standard InChI is InChI=1S/C13H21BrN2O/c1-11(10-16-7-3-2-4-8-16)15-9-12-5-6-13(14)17-12/h5-6,11,15H,2-4,7-10H2,1H3. The number of hydrogen-bond acceptors (Lipinski definition) is 3. The number of piperidine rings is 1. The molecular weight excluding hydrogens is 280 g/mol. The van der Waals surface area contributed by atoms with Gasteiger partial charge in [-0.2, -0.15) is 0 Å². The second-order valence-corrected chi connectivity index (χ2v) is 5.63. The van der Waals surface area contributed by atoms with E-state index in [1.165, 1.54) is 32.4 Å². The highest BCUT2D eigenvalue weighted by Crippen LogP contribution is 2.14. The molecule has 1 fully saturated rings. The zero-order valence-corrected chi connectivity index (χ0v) is 12.0. The molecule has 1 aliphatic heterocycles. The molecule has 1 unspecified atom stereocenters. The number of nitrogens with zero attached hydrogens (tertiary/aromatic N) is 1. The summed E-state index contributed by atoms with van der Waals surface area (Å²) in [5.41, 5.74) is 0. The highest BCUT2D eigenvalue weighted by Gasteiger charge is 2.13. The van der Waals surface area contributed by atoms with Crippen LogP contribution in [-0.2, 0) is 6.54 Å². The molecule has 3 nitrogen and oxygen atoms in total. The number of likely N-dealkylation sites (tertiary alicyclic amines) is 1. The van der Waals surface area contributed by atoms with Crippen molar-refractivity contribution in [2.45, 2.75) is 38.8 Å². The van der Waals surface area contributed by atoms with E-state index in [1.54, 1.807) is 0 Å². The van der Waals surface area contributed by atoms with Gasteiger partial charge in [0.2, 0.25) is 0 Å². The van der Waals surface area contributed by atoms with Crippen LogP contribution in [0.3, 0.4) is 0 Å². The minimum Gasteiger partial charge on any atom is -0.453 e. The number of halogens is 1. The molecule has 1 aromatic rings. The lowest BCUT2D eigenvalue weighted by Gasteiger charge is -2.29. The van der Waals surface area contributed by atoms with Gasteiger partial charge < -0.3 is 14.6 Å². The van der Waals surface area contributed by atoms with Crippen LogP contribution in [0.1, 0.15) is 31.9 Å². The molecule has 96 valence electrons. The Morgan fingerprint density at radius 2 is 2.12 bits per heavy atom. The number of hydrogen-bond donors (Lipinski definition) is 1. The maximum absolute atomic E-state index is 5.46. The quantitative estimate of drug-likeness (QED) is 0.906. The third-order valence-electron chi connectivity index (χ3n) is 3.23. The van der Waals surface area contributed by atoms with Gasteiger partial charge in [-0.05, 0) is 60.9 Å². The van der Waals surface area contributed by atoms with Crippen molar-refractivity contribution in [3.8, 4) is 0 Å². The van der Waals surface area contributed by atoms with Gasteiger partial charge in [-0.1, -0.05) is 6.42 Å². The summed E-state index contributed by atoms with van der Waals surface area (Å²) in [5, 5.41) is 3.50. The first-order valence-electron chi connectivity index (χ1n) is 6.44. The molecule has 0 bridgehead atoms. The third-order valence-corrected chi connectivity index (χ3v) is 3.66. The topological polar surface area (TPSA) is 28.4 Å². The van der Waals surface area contributed by atoms with Crippen molar-refractivity contribution < 1.29 is 4.42 Å². The number of nitrogens with one attached hydrogen (secondary N) is 1. The van der Waals surface area contributed by atoms with E-state index < -0.39 is 0 Å². The van der Waals surface area contributed by atoms with E-state index in [4.69, 9.17) is 4.42 Å². The lowest BCUT2D eigenvalue weighted by Crippen LogP contribution is -2.41. The lowest BCUT2D eigenvalue weighted by atomic mass is 10.1. The first-order chi connectivity index (χ1) is 8.24. The van der Waals surface area contributed by atoms with Crippen LogP contribution < -0.4 is 5.32 Å². The largest absolute Gasteiger partial charge is 0.453 e. The fourth-order valence-corrected chi connectivity index (χ4v) is 2.66. The van der Waals surface area contributed by atoms with Crippen molar-refractivity contribution in [1.82, 2.24) is 10.2 Å². The fraction of sp³-hybridized carbons (Fsp3) is 0.692. The SMILES string of the molecule is CC(CN1CCCCC1)NCc1ccc(Br)o1. The Hall–Kier alpha value is -0.320. The molecule has 2 rings (SSSR count). The highest BCUT2D eigenvalue weighted by atomic mass is 79.9. The molecule has 1 aromatic heterocycles. The van der Waals surface area contributed by atoms with E-state index >= 15 is 0 Å². The molecule has 1 N–H and O–H groups in total. The van der Waals surface area contributed by atoms with Gasteiger partial charge in [0, 0.05) is 12.6 Å². The average molecular weight is 301 g/mol. The predicted octanol–water partition coefficient (Wildman–Crippen LogP) is 3.01. The predicted molar refractivity (Wildman–Crippen MR) is 73.0 cm³/mol. The van der Waals surface area contributed by atoms with E-state index in [0.29, 0.717) is 6.04 Å². The summed E-state index contributed by atoms with van der Waals surface area (Å²) in [6.07, 6.45) is 4.12. The van der Waals surface area contributed by atoms with Crippen molar-refractivity contribution in [2.75, 3.05) is 19.6 Å². The Morgan fingerprint density at radius 1 is 1.35 bits per heavy atom. The van der Waals surface area contributed by atoms with Crippen LogP contribution in [0.4, 0.5) is 0 Å². The first kappa shape index (κ1) is 13.1. The van der Waals surface area contributed by atoms with Crippen LogP contribution in [0.2, 0.25) is 0 Å². The summed E-state index contributed by atoms with van der Waals surface area (Å²) in [7, 11) is 0. The number of furan rings is 1. The van der Waals surface area contributed by atoms with Crippen LogP contribution in [0.15, 0.2) is 21.2 Å². The molecule has 0 saturated carbocycles. The summed E-state index contributed by atoms with van der Waals surface area (Å²) in [4.78, 5) is 2.55. The second kappa shape index (κ2) is 6.57. The molecule has 0 radical (unpaired) electrons. The molecule has 0 aromatic carbocycles. The normalized spacial score (nSPS) is 19.4. The van der Waals surface area contributed by atoms with Crippen molar-refractivity contribution in [2.24, 2.45) is 0 Å². The van der Waals surface area contributed by atoms with Crippen molar-refractivity contribution in [1.29, 1.82) is 0 Å². The molecule has 1 atom stereocenters. The Bertz CT molecular complexity index is 334. The summed E-state index contributed by atoms with van der Waals surface area (Å²) in [6, 6.07) is 4.45. The Balaban J connectivity index is 1.68. The highest BCUT2D eigenvalue weighted by molar-refractivity contribution is 9.10. The second-order valence-electron chi connectivity index (χ2n) is 4.85. The van der Waals surface area contributed by atoms with E-state index in [9.17, 15) is 0 Å². The molecule has 1 aliphatic rings. The molecule has 0 spiro atoms. The van der Waals surface area contributed by atoms with Gasteiger partial charge in [0.25, 0.3) is 0 Å². The minimum atomic E-state index is 0.511. The van der Waals surface area contributed by atoms with Gasteiger partial charge in [0.05, 0.1) is 6.54 Å². The monoisotopic (exact) mass is 300 g/mol. The molecule has 0 amide bonds. The van der Waals surface area contributed by atoms with Crippen molar-refractivity contribution in [3.63, 3.8) is 0 Å². The van der Waals surface area contributed by atoms with Crippen LogP contribution in [0.25, 0.3) is 0 Å². The fourth-order valence-electron chi connectivity index (χ4n) is 2.32. The van der Waals surface area contributed by atoms with Gasteiger partial charge in [-0.15, -0.1) is 0 Å². The molecule has 0 aliphatic carbocycles. The van der Waals surface area contributed by atoms with Crippen LogP contribution in [-0.4, -0.2) is 30.6 Å². The minimum absolute atomic E-state index is 0.511. The summed E-state index contributed by atoms with van der Waals surface area (Å²) >= 11 is 3.32. The summed E-state index contributed by atoms with van der Waals surface area (Å²) < 4.78 is 6.27. The molecule has 4 heteroatoms. The van der Waals surface area contributed by atoms with Gasteiger partial charge in [0.15, 0.2) is 4.67 Å². The van der Waals surface area contributed by atoms with Crippen LogP contribution in [0, 0.1) is 0 Å². The average Bonchev–Trinajstić information content (AvgIpc) is 2.74. The number of rotatable bonds is 5. The van der Waals surface area contributed by atoms with Gasteiger partial charge in [-0.25, -0.2) is 0 Å². The van der Waals surface area contributed by atoms with Gasteiger partial charge in [0.1, 0.15) is 5.76 Å². The summed E-state index contributed by atoms with van der Waals surface area (Å²) in [5.74, 6) is 0.988. The Labute approximate surface area is 112 Å². The lowest BCUT2D eigenvalue weighted by molar-refractivity contribution is 0.207. The molecule has 1 saturated heterocycles. The smallest absolute Gasteiger partial charge is 0.169 e. The van der Waals surface area contributed by atoms with E-state index in [0.717, 1.165) is 23.5 Å². The maximum atomic E-state index is 5.46. The van der Waals surface area contributed by atoms with Gasteiger partial charge >= 0.3 is 0 Å². The molecule has 2 heterocycles. The Morgan fingerprint density at radius 3 is 2.76 bits per heavy atom. The zero-order valence-electron chi connectivity index (χ0n) is 10.4. The Kier molecular flexibility index (Phi) is 5.07. The van der Waals surface area contributed by atoms with Crippen molar-refractivity contribution >= 4 is 15.9 Å². The van der Waals surface area contributed by atoms with Gasteiger partial charge in [-0.3, -0.25) is 0 Å². The zero-order chi connectivity index (χ0) is 12.1. The summed E-state index contributed by atoms with van der Waals surface area (Å²) in [6.45, 7) is 6.71.